The van der Waals surface area contributed by atoms with Crippen LogP contribution in [0.15, 0.2) is 39.7 Å². The standard InChI is InChI=1S/C13H16BrNOS/c1-9(2)7-15-13(16)8-17-12-5-4-11(14)6-10(12)3/h4-6H,1,7-8H2,2-3H3,(H,15,16). The van der Waals surface area contributed by atoms with Crippen LogP contribution in [-0.2, 0) is 4.79 Å². The molecule has 0 aliphatic heterocycles. The number of carbonyl (C=O) groups is 1. The lowest BCUT2D eigenvalue weighted by molar-refractivity contribution is -0.118. The average Bonchev–Trinajstić information content (AvgIpc) is 2.25. The quantitative estimate of drug-likeness (QED) is 0.665. The Kier molecular flexibility index (Phi) is 5.78. The van der Waals surface area contributed by atoms with Crippen molar-refractivity contribution in [1.82, 2.24) is 5.32 Å². The zero-order valence-electron chi connectivity index (χ0n) is 10.0. The highest BCUT2D eigenvalue weighted by atomic mass is 79.9. The summed E-state index contributed by atoms with van der Waals surface area (Å²) < 4.78 is 1.06. The van der Waals surface area contributed by atoms with Gasteiger partial charge in [0.2, 0.25) is 5.91 Å². The number of amides is 1. The lowest BCUT2D eigenvalue weighted by atomic mass is 10.2. The molecule has 17 heavy (non-hydrogen) atoms. The number of halogens is 1. The van der Waals surface area contributed by atoms with Gasteiger partial charge in [0.1, 0.15) is 0 Å². The minimum absolute atomic E-state index is 0.0420. The van der Waals surface area contributed by atoms with E-state index in [-0.39, 0.29) is 5.91 Å². The summed E-state index contributed by atoms with van der Waals surface area (Å²) in [6.45, 7) is 8.23. The van der Waals surface area contributed by atoms with Gasteiger partial charge in [0, 0.05) is 15.9 Å². The van der Waals surface area contributed by atoms with Gasteiger partial charge >= 0.3 is 0 Å². The van der Waals surface area contributed by atoms with E-state index in [9.17, 15) is 4.79 Å². The molecule has 1 N–H and O–H groups in total. The predicted molar refractivity (Wildman–Crippen MR) is 77.4 cm³/mol. The summed E-state index contributed by atoms with van der Waals surface area (Å²) in [5.74, 6) is 0.482. The number of thioether (sulfide) groups is 1. The molecule has 0 spiro atoms. The fourth-order valence-electron chi connectivity index (χ4n) is 1.22. The van der Waals surface area contributed by atoms with Crippen molar-refractivity contribution in [1.29, 1.82) is 0 Å². The first-order chi connectivity index (χ1) is 7.99. The first-order valence-electron chi connectivity index (χ1n) is 5.29. The van der Waals surface area contributed by atoms with Crippen molar-refractivity contribution >= 4 is 33.6 Å². The molecule has 0 radical (unpaired) electrons. The molecule has 0 aliphatic rings. The summed E-state index contributed by atoms with van der Waals surface area (Å²) >= 11 is 4.97. The molecule has 0 aromatic heterocycles. The summed E-state index contributed by atoms with van der Waals surface area (Å²) in [4.78, 5) is 12.7. The van der Waals surface area contributed by atoms with Crippen LogP contribution in [0, 0.1) is 6.92 Å². The number of nitrogens with one attached hydrogen (secondary N) is 1. The van der Waals surface area contributed by atoms with Crippen molar-refractivity contribution in [2.24, 2.45) is 0 Å². The fourth-order valence-corrected chi connectivity index (χ4v) is 2.53. The average molecular weight is 314 g/mol. The molecular weight excluding hydrogens is 298 g/mol. The zero-order valence-corrected chi connectivity index (χ0v) is 12.5. The van der Waals surface area contributed by atoms with E-state index < -0.39 is 0 Å². The minimum atomic E-state index is 0.0420. The molecule has 1 aromatic rings. The Morgan fingerprint density at radius 2 is 2.24 bits per heavy atom. The molecule has 0 heterocycles. The van der Waals surface area contributed by atoms with Crippen molar-refractivity contribution in [2.45, 2.75) is 18.7 Å². The van der Waals surface area contributed by atoms with Crippen LogP contribution in [0.3, 0.4) is 0 Å². The van der Waals surface area contributed by atoms with Gasteiger partial charge in [-0.15, -0.1) is 11.8 Å². The van der Waals surface area contributed by atoms with E-state index in [1.165, 1.54) is 5.56 Å². The molecule has 2 nitrogen and oxygen atoms in total. The van der Waals surface area contributed by atoms with Crippen LogP contribution in [0.25, 0.3) is 0 Å². The largest absolute Gasteiger partial charge is 0.352 e. The Bertz CT molecular complexity index is 431. The van der Waals surface area contributed by atoms with Crippen LogP contribution in [0.2, 0.25) is 0 Å². The summed E-state index contributed by atoms with van der Waals surface area (Å²) in [5.41, 5.74) is 2.14. The van der Waals surface area contributed by atoms with E-state index in [2.05, 4.69) is 27.8 Å². The number of rotatable bonds is 5. The Balaban J connectivity index is 2.44. The van der Waals surface area contributed by atoms with Gasteiger partial charge < -0.3 is 5.32 Å². The molecule has 0 saturated heterocycles. The number of benzene rings is 1. The minimum Gasteiger partial charge on any atom is -0.352 e. The van der Waals surface area contributed by atoms with E-state index in [4.69, 9.17) is 0 Å². The van der Waals surface area contributed by atoms with Crippen LogP contribution >= 0.6 is 27.7 Å². The maximum Gasteiger partial charge on any atom is 0.230 e. The Labute approximate surface area is 115 Å². The second-order valence-corrected chi connectivity index (χ2v) is 5.87. The van der Waals surface area contributed by atoms with Crippen LogP contribution in [-0.4, -0.2) is 18.2 Å². The smallest absolute Gasteiger partial charge is 0.230 e. The Morgan fingerprint density at radius 1 is 1.53 bits per heavy atom. The lowest BCUT2D eigenvalue weighted by Crippen LogP contribution is -2.26. The molecule has 1 rings (SSSR count). The van der Waals surface area contributed by atoms with Gasteiger partial charge in [0.05, 0.1) is 5.75 Å². The monoisotopic (exact) mass is 313 g/mol. The van der Waals surface area contributed by atoms with E-state index >= 15 is 0 Å². The molecule has 0 unspecified atom stereocenters. The van der Waals surface area contributed by atoms with Gasteiger partial charge in [0.15, 0.2) is 0 Å². The third-order valence-corrected chi connectivity index (χ3v) is 3.75. The first-order valence-corrected chi connectivity index (χ1v) is 7.07. The van der Waals surface area contributed by atoms with Crippen LogP contribution in [0.1, 0.15) is 12.5 Å². The van der Waals surface area contributed by atoms with Crippen molar-refractivity contribution in [3.63, 3.8) is 0 Å². The molecule has 0 atom stereocenters. The van der Waals surface area contributed by atoms with E-state index in [1.807, 2.05) is 32.0 Å². The van der Waals surface area contributed by atoms with Gasteiger partial charge in [-0.1, -0.05) is 28.1 Å². The molecule has 0 saturated carbocycles. The molecule has 0 fully saturated rings. The summed E-state index contributed by atoms with van der Waals surface area (Å²) in [6.07, 6.45) is 0. The predicted octanol–water partition coefficient (Wildman–Crippen LogP) is 3.54. The fraction of sp³-hybridized carbons (Fsp3) is 0.308. The third-order valence-electron chi connectivity index (χ3n) is 2.08. The maximum absolute atomic E-state index is 11.5. The number of aryl methyl sites for hydroxylation is 1. The van der Waals surface area contributed by atoms with Gasteiger partial charge in [-0.25, -0.2) is 0 Å². The van der Waals surface area contributed by atoms with Crippen molar-refractivity contribution in [2.75, 3.05) is 12.3 Å². The second kappa shape index (κ2) is 6.87. The van der Waals surface area contributed by atoms with E-state index in [0.717, 1.165) is 14.9 Å². The highest BCUT2D eigenvalue weighted by Crippen LogP contribution is 2.24. The zero-order chi connectivity index (χ0) is 12.8. The molecule has 1 amide bonds. The molecule has 0 aliphatic carbocycles. The van der Waals surface area contributed by atoms with Crippen LogP contribution in [0.5, 0.6) is 0 Å². The van der Waals surface area contributed by atoms with E-state index in [1.54, 1.807) is 11.8 Å². The normalized spacial score (nSPS) is 10.1. The molecule has 1 aromatic carbocycles. The highest BCUT2D eigenvalue weighted by Gasteiger charge is 2.04. The van der Waals surface area contributed by atoms with Crippen molar-refractivity contribution < 1.29 is 4.79 Å². The van der Waals surface area contributed by atoms with Gasteiger partial charge in [-0.3, -0.25) is 4.79 Å². The van der Waals surface area contributed by atoms with Crippen LogP contribution in [0.4, 0.5) is 0 Å². The second-order valence-electron chi connectivity index (χ2n) is 3.93. The summed E-state index contributed by atoms with van der Waals surface area (Å²) in [5, 5.41) is 2.81. The lowest BCUT2D eigenvalue weighted by Gasteiger charge is -2.07. The molecule has 92 valence electrons. The maximum atomic E-state index is 11.5. The van der Waals surface area contributed by atoms with E-state index in [0.29, 0.717) is 12.3 Å². The van der Waals surface area contributed by atoms with Crippen molar-refractivity contribution in [3.05, 3.63) is 40.4 Å². The summed E-state index contributed by atoms with van der Waals surface area (Å²) in [7, 11) is 0. The number of hydrogen-bond acceptors (Lipinski definition) is 2. The molecule has 4 heteroatoms. The summed E-state index contributed by atoms with van der Waals surface area (Å²) in [6, 6.07) is 6.06. The molecular formula is C13H16BrNOS. The number of hydrogen-bond donors (Lipinski definition) is 1. The first kappa shape index (κ1) is 14.3. The van der Waals surface area contributed by atoms with Gasteiger partial charge in [-0.05, 0) is 37.6 Å². The van der Waals surface area contributed by atoms with Gasteiger partial charge in [-0.2, -0.15) is 0 Å². The Hall–Kier alpha value is -0.740. The Morgan fingerprint density at radius 3 is 2.82 bits per heavy atom. The highest BCUT2D eigenvalue weighted by molar-refractivity contribution is 9.10. The SMILES string of the molecule is C=C(C)CNC(=O)CSc1ccc(Br)cc1C. The molecule has 0 bridgehead atoms. The third kappa shape index (κ3) is 5.41. The topological polar surface area (TPSA) is 29.1 Å². The van der Waals surface area contributed by atoms with Gasteiger partial charge in [0.25, 0.3) is 0 Å². The van der Waals surface area contributed by atoms with Crippen LogP contribution < -0.4 is 5.32 Å². The number of carbonyl (C=O) groups excluding carboxylic acids is 1. The van der Waals surface area contributed by atoms with Crippen molar-refractivity contribution in [3.8, 4) is 0 Å².